The highest BCUT2D eigenvalue weighted by Crippen LogP contribution is 2.14. The molecule has 5 nitrogen and oxygen atoms in total. The first-order valence-electron chi connectivity index (χ1n) is 4.99. The van der Waals surface area contributed by atoms with Gasteiger partial charge < -0.3 is 4.98 Å². The molecule has 0 aliphatic rings. The first-order valence-corrected chi connectivity index (χ1v) is 5.87. The van der Waals surface area contributed by atoms with Crippen LogP contribution in [0.3, 0.4) is 0 Å². The van der Waals surface area contributed by atoms with Crippen LogP contribution in [0.4, 0.5) is 5.13 Å². The Kier molecular flexibility index (Phi) is 3.06. The van der Waals surface area contributed by atoms with Crippen LogP contribution in [-0.2, 0) is 0 Å². The summed E-state index contributed by atoms with van der Waals surface area (Å²) in [6.07, 6.45) is 1.41. The molecule has 0 aromatic carbocycles. The molecular weight excluding hydrogens is 238 g/mol. The number of aryl methyl sites for hydroxylation is 2. The van der Waals surface area contributed by atoms with E-state index in [9.17, 15) is 9.59 Å². The monoisotopic (exact) mass is 249 g/mol. The molecule has 2 heterocycles. The lowest BCUT2D eigenvalue weighted by Gasteiger charge is -2.01. The fraction of sp³-hybridized carbons (Fsp3) is 0.182. The second-order valence-electron chi connectivity index (χ2n) is 3.64. The van der Waals surface area contributed by atoms with Gasteiger partial charge >= 0.3 is 0 Å². The van der Waals surface area contributed by atoms with E-state index in [1.807, 2.05) is 12.3 Å². The zero-order valence-electron chi connectivity index (χ0n) is 9.40. The van der Waals surface area contributed by atoms with Crippen LogP contribution in [0.1, 0.15) is 21.7 Å². The van der Waals surface area contributed by atoms with Gasteiger partial charge in [-0.15, -0.1) is 11.3 Å². The van der Waals surface area contributed by atoms with Gasteiger partial charge in [0.05, 0.1) is 5.69 Å². The molecule has 0 fully saturated rings. The number of hydrogen-bond donors (Lipinski definition) is 2. The number of nitrogens with one attached hydrogen (secondary N) is 2. The molecule has 0 unspecified atom stereocenters. The summed E-state index contributed by atoms with van der Waals surface area (Å²) < 4.78 is 0. The molecule has 0 saturated heterocycles. The van der Waals surface area contributed by atoms with Crippen LogP contribution in [0.15, 0.2) is 22.4 Å². The van der Waals surface area contributed by atoms with Gasteiger partial charge in [0.25, 0.3) is 5.91 Å². The van der Waals surface area contributed by atoms with Crippen molar-refractivity contribution in [1.29, 1.82) is 0 Å². The minimum atomic E-state index is -0.444. The summed E-state index contributed by atoms with van der Waals surface area (Å²) in [7, 11) is 0. The number of nitrogens with zero attached hydrogens (tertiary/aromatic N) is 1. The number of amides is 1. The third kappa shape index (κ3) is 2.59. The maximum atomic E-state index is 11.8. The van der Waals surface area contributed by atoms with E-state index < -0.39 is 5.91 Å². The van der Waals surface area contributed by atoms with Crippen molar-refractivity contribution in [2.75, 3.05) is 5.32 Å². The number of H-pyrrole nitrogens is 1. The predicted molar refractivity (Wildman–Crippen MR) is 66.6 cm³/mol. The molecule has 0 aliphatic heterocycles. The maximum absolute atomic E-state index is 11.8. The van der Waals surface area contributed by atoms with E-state index in [4.69, 9.17) is 0 Å². The van der Waals surface area contributed by atoms with Gasteiger partial charge in [0.1, 0.15) is 5.56 Å². The zero-order chi connectivity index (χ0) is 12.4. The van der Waals surface area contributed by atoms with E-state index in [-0.39, 0.29) is 11.0 Å². The van der Waals surface area contributed by atoms with Crippen molar-refractivity contribution >= 4 is 22.4 Å². The Labute approximate surface area is 102 Å². The summed E-state index contributed by atoms with van der Waals surface area (Å²) in [6.45, 7) is 3.60. The average Bonchev–Trinajstić information content (AvgIpc) is 2.63. The van der Waals surface area contributed by atoms with E-state index in [2.05, 4.69) is 15.3 Å². The SMILES string of the molecule is Cc1csc(NC(=O)c2c[nH]c(C)cc2=O)n1. The van der Waals surface area contributed by atoms with Gasteiger partial charge in [-0.3, -0.25) is 14.9 Å². The molecule has 0 aliphatic carbocycles. The number of carbonyl (C=O) groups is 1. The van der Waals surface area contributed by atoms with Crippen molar-refractivity contribution in [3.63, 3.8) is 0 Å². The molecule has 0 saturated carbocycles. The van der Waals surface area contributed by atoms with E-state index in [0.717, 1.165) is 11.4 Å². The number of pyridine rings is 1. The minimum absolute atomic E-state index is 0.0865. The quantitative estimate of drug-likeness (QED) is 0.850. The third-order valence-electron chi connectivity index (χ3n) is 2.14. The standard InChI is InChI=1S/C11H11N3O2S/c1-6-3-9(15)8(4-12-6)10(16)14-11-13-7(2)5-17-11/h3-5H,1-2H3,(H,12,15)(H,13,14,16). The van der Waals surface area contributed by atoms with Gasteiger partial charge in [-0.1, -0.05) is 0 Å². The molecule has 2 N–H and O–H groups in total. The van der Waals surface area contributed by atoms with Gasteiger partial charge in [-0.25, -0.2) is 4.98 Å². The van der Waals surface area contributed by atoms with E-state index in [1.54, 1.807) is 6.92 Å². The van der Waals surface area contributed by atoms with Gasteiger partial charge in [-0.05, 0) is 13.8 Å². The highest BCUT2D eigenvalue weighted by atomic mass is 32.1. The van der Waals surface area contributed by atoms with Crippen molar-refractivity contribution in [3.05, 3.63) is 44.8 Å². The number of rotatable bonds is 2. The average molecular weight is 249 g/mol. The number of anilines is 1. The first-order chi connectivity index (χ1) is 8.06. The molecular formula is C11H11N3O2S. The van der Waals surface area contributed by atoms with Crippen LogP contribution in [0.5, 0.6) is 0 Å². The number of hydrogen-bond acceptors (Lipinski definition) is 4. The topological polar surface area (TPSA) is 74.8 Å². The largest absolute Gasteiger partial charge is 0.364 e. The van der Waals surface area contributed by atoms with Crippen molar-refractivity contribution in [2.45, 2.75) is 13.8 Å². The Hall–Kier alpha value is -1.95. The molecule has 2 aromatic rings. The predicted octanol–water partition coefficient (Wildman–Crippen LogP) is 1.70. The van der Waals surface area contributed by atoms with E-state index in [1.165, 1.54) is 23.6 Å². The molecule has 6 heteroatoms. The molecule has 0 spiro atoms. The van der Waals surface area contributed by atoms with Gasteiger partial charge in [-0.2, -0.15) is 0 Å². The van der Waals surface area contributed by atoms with Gasteiger partial charge in [0.2, 0.25) is 0 Å². The summed E-state index contributed by atoms with van der Waals surface area (Å²) in [5.74, 6) is -0.444. The lowest BCUT2D eigenvalue weighted by Crippen LogP contribution is -2.21. The maximum Gasteiger partial charge on any atom is 0.262 e. The molecule has 2 rings (SSSR count). The molecule has 1 amide bonds. The number of thiazole rings is 1. The molecule has 17 heavy (non-hydrogen) atoms. The summed E-state index contributed by atoms with van der Waals surface area (Å²) in [5, 5.41) is 4.91. The van der Waals surface area contributed by atoms with Crippen molar-refractivity contribution in [3.8, 4) is 0 Å². The van der Waals surface area contributed by atoms with Crippen LogP contribution < -0.4 is 10.7 Å². The fourth-order valence-electron chi connectivity index (χ4n) is 1.33. The Balaban J connectivity index is 2.23. The van der Waals surface area contributed by atoms with E-state index >= 15 is 0 Å². The van der Waals surface area contributed by atoms with Crippen molar-refractivity contribution < 1.29 is 4.79 Å². The van der Waals surface area contributed by atoms with Crippen molar-refractivity contribution in [2.24, 2.45) is 0 Å². The Morgan fingerprint density at radius 3 is 2.82 bits per heavy atom. The van der Waals surface area contributed by atoms with Crippen LogP contribution in [0.25, 0.3) is 0 Å². The Bertz CT molecular complexity index is 615. The summed E-state index contributed by atoms with van der Waals surface area (Å²) in [6, 6.07) is 1.39. The first kappa shape index (κ1) is 11.5. The number of aromatic amines is 1. The van der Waals surface area contributed by atoms with Crippen LogP contribution in [0, 0.1) is 13.8 Å². The molecule has 0 radical (unpaired) electrons. The lowest BCUT2D eigenvalue weighted by atomic mass is 10.2. The normalized spacial score (nSPS) is 10.2. The second kappa shape index (κ2) is 4.50. The number of carbonyl (C=O) groups excluding carboxylic acids is 1. The summed E-state index contributed by atoms with van der Waals surface area (Å²) in [4.78, 5) is 30.3. The third-order valence-corrected chi connectivity index (χ3v) is 3.02. The highest BCUT2D eigenvalue weighted by molar-refractivity contribution is 7.13. The molecule has 2 aromatic heterocycles. The number of aromatic nitrogens is 2. The molecule has 0 atom stereocenters. The lowest BCUT2D eigenvalue weighted by molar-refractivity contribution is 0.102. The van der Waals surface area contributed by atoms with Crippen LogP contribution in [-0.4, -0.2) is 15.9 Å². The van der Waals surface area contributed by atoms with Crippen LogP contribution in [0.2, 0.25) is 0 Å². The van der Waals surface area contributed by atoms with Gasteiger partial charge in [0.15, 0.2) is 10.6 Å². The summed E-state index contributed by atoms with van der Waals surface area (Å²) in [5.41, 5.74) is 1.34. The second-order valence-corrected chi connectivity index (χ2v) is 4.50. The fourth-order valence-corrected chi connectivity index (χ4v) is 2.01. The zero-order valence-corrected chi connectivity index (χ0v) is 10.2. The van der Waals surface area contributed by atoms with E-state index in [0.29, 0.717) is 5.13 Å². The van der Waals surface area contributed by atoms with Crippen LogP contribution >= 0.6 is 11.3 Å². The summed E-state index contributed by atoms with van der Waals surface area (Å²) >= 11 is 1.33. The van der Waals surface area contributed by atoms with Crippen molar-refractivity contribution in [1.82, 2.24) is 9.97 Å². The minimum Gasteiger partial charge on any atom is -0.364 e. The molecule has 0 bridgehead atoms. The Morgan fingerprint density at radius 1 is 1.47 bits per heavy atom. The Morgan fingerprint density at radius 2 is 2.24 bits per heavy atom. The molecule has 88 valence electrons. The van der Waals surface area contributed by atoms with Gasteiger partial charge in [0, 0.05) is 23.3 Å². The highest BCUT2D eigenvalue weighted by Gasteiger charge is 2.11. The smallest absolute Gasteiger partial charge is 0.262 e.